The fourth-order valence-corrected chi connectivity index (χ4v) is 5.85. The number of benzene rings is 1. The van der Waals surface area contributed by atoms with Crippen molar-refractivity contribution in [2.75, 3.05) is 31.0 Å². The van der Waals surface area contributed by atoms with Gasteiger partial charge in [0.15, 0.2) is 11.4 Å². The Morgan fingerprint density at radius 2 is 1.71 bits per heavy atom. The molecule has 4 heterocycles. The lowest BCUT2D eigenvalue weighted by atomic mass is 9.86. The third-order valence-corrected chi connectivity index (χ3v) is 7.78. The summed E-state index contributed by atoms with van der Waals surface area (Å²) in [5.74, 6) is -0.505. The van der Waals surface area contributed by atoms with Crippen LogP contribution in [0, 0.1) is 6.92 Å². The Morgan fingerprint density at radius 1 is 1.07 bits per heavy atom. The number of carbonyl (C=O) groups is 2. The number of fused-ring (bicyclic) bond motifs is 1. The number of hydrogen-bond donors (Lipinski definition) is 2. The van der Waals surface area contributed by atoms with E-state index in [1.165, 1.54) is 19.8 Å². The van der Waals surface area contributed by atoms with E-state index in [2.05, 4.69) is 62.0 Å². The van der Waals surface area contributed by atoms with E-state index in [4.69, 9.17) is 18.6 Å². The van der Waals surface area contributed by atoms with Gasteiger partial charge in [0.1, 0.15) is 11.8 Å². The van der Waals surface area contributed by atoms with Crippen LogP contribution in [0.3, 0.4) is 0 Å². The summed E-state index contributed by atoms with van der Waals surface area (Å²) in [5.41, 5.74) is 3.89. The highest BCUT2D eigenvalue weighted by Gasteiger charge is 2.43. The third kappa shape index (κ3) is 5.21. The van der Waals surface area contributed by atoms with Crippen LogP contribution in [0.5, 0.6) is 11.8 Å². The van der Waals surface area contributed by atoms with Gasteiger partial charge < -0.3 is 34.0 Å². The lowest BCUT2D eigenvalue weighted by Gasteiger charge is -2.24. The molecule has 0 aliphatic carbocycles. The molecule has 0 saturated carbocycles. The summed E-state index contributed by atoms with van der Waals surface area (Å²) in [6, 6.07) is 7.00. The predicted octanol–water partition coefficient (Wildman–Crippen LogP) is 4.79. The molecule has 1 saturated heterocycles. The van der Waals surface area contributed by atoms with Gasteiger partial charge in [-0.05, 0) is 81.8 Å². The van der Waals surface area contributed by atoms with Crippen molar-refractivity contribution >= 4 is 23.5 Å². The number of ether oxygens (including phenoxy) is 3. The van der Waals surface area contributed by atoms with Gasteiger partial charge in [0.2, 0.25) is 17.7 Å². The molecule has 2 aliphatic heterocycles. The molecule has 0 bridgehead atoms. The zero-order chi connectivity index (χ0) is 29.7. The molecule has 2 N–H and O–H groups in total. The zero-order valence-corrected chi connectivity index (χ0v) is 24.5. The molecule has 218 valence electrons. The SMILES string of the molecule is COc1nc(N2CCCC2C(=O)O)nc(OC)c1NC(=O)c1ccc(Cc2cc3c(cc2C)C(C)(C)OC3(C)C)o1. The van der Waals surface area contributed by atoms with Gasteiger partial charge in [-0.2, -0.15) is 9.97 Å². The van der Waals surface area contributed by atoms with Gasteiger partial charge in [0.05, 0.1) is 25.4 Å². The van der Waals surface area contributed by atoms with Gasteiger partial charge in [-0.25, -0.2) is 4.79 Å². The molecular formula is C30H36N4O7. The Kier molecular flexibility index (Phi) is 7.19. The second-order valence-corrected chi connectivity index (χ2v) is 11.5. The smallest absolute Gasteiger partial charge is 0.326 e. The third-order valence-electron chi connectivity index (χ3n) is 7.78. The normalized spacial score (nSPS) is 18.7. The number of aryl methyl sites for hydroxylation is 1. The molecule has 1 unspecified atom stereocenters. The maximum atomic E-state index is 13.2. The van der Waals surface area contributed by atoms with Crippen molar-refractivity contribution in [3.05, 3.63) is 58.0 Å². The molecule has 0 spiro atoms. The molecule has 1 amide bonds. The quantitative estimate of drug-likeness (QED) is 0.393. The Balaban J connectivity index is 1.37. The number of rotatable bonds is 8. The molecule has 2 aromatic heterocycles. The number of methoxy groups -OCH3 is 2. The summed E-state index contributed by atoms with van der Waals surface area (Å²) in [4.78, 5) is 35.2. The van der Waals surface area contributed by atoms with Gasteiger partial charge in [-0.3, -0.25) is 4.79 Å². The summed E-state index contributed by atoms with van der Waals surface area (Å²) in [7, 11) is 2.80. The van der Waals surface area contributed by atoms with Crippen LogP contribution in [0.4, 0.5) is 11.6 Å². The van der Waals surface area contributed by atoms with Crippen molar-refractivity contribution < 1.29 is 33.3 Å². The van der Waals surface area contributed by atoms with Crippen molar-refractivity contribution in [2.45, 2.75) is 71.1 Å². The van der Waals surface area contributed by atoms with Crippen LogP contribution in [0.1, 0.15) is 79.1 Å². The summed E-state index contributed by atoms with van der Waals surface area (Å²) in [5, 5.41) is 12.3. The Labute approximate surface area is 238 Å². The fourth-order valence-electron chi connectivity index (χ4n) is 5.85. The van der Waals surface area contributed by atoms with Crippen LogP contribution in [-0.2, 0) is 27.2 Å². The van der Waals surface area contributed by atoms with E-state index < -0.39 is 23.5 Å². The molecule has 11 nitrogen and oxygen atoms in total. The van der Waals surface area contributed by atoms with Gasteiger partial charge in [0.25, 0.3) is 5.91 Å². The molecule has 1 atom stereocenters. The van der Waals surface area contributed by atoms with E-state index in [9.17, 15) is 14.7 Å². The van der Waals surface area contributed by atoms with Gasteiger partial charge >= 0.3 is 5.97 Å². The number of carbonyl (C=O) groups excluding carboxylic acids is 1. The number of carboxylic acids is 1. The van der Waals surface area contributed by atoms with Gasteiger partial charge in [-0.1, -0.05) is 12.1 Å². The fraction of sp³-hybridized carbons (Fsp3) is 0.467. The summed E-state index contributed by atoms with van der Waals surface area (Å²) >= 11 is 0. The standard InChI is InChI=1S/C30H36N4O7/c1-16-13-19-20(30(4,5)41-29(19,2)3)15-17(16)14-18-10-11-22(40-18)24(35)31-23-25(38-6)32-28(33-26(23)39-7)34-12-8-9-21(34)27(36)37/h10-11,13,15,21H,8-9,12,14H2,1-7H3,(H,31,35)(H,36,37). The van der Waals surface area contributed by atoms with Crippen LogP contribution in [0.25, 0.3) is 0 Å². The topological polar surface area (TPSA) is 136 Å². The number of furan rings is 1. The van der Waals surface area contributed by atoms with Crippen LogP contribution >= 0.6 is 0 Å². The second-order valence-electron chi connectivity index (χ2n) is 11.5. The van der Waals surface area contributed by atoms with Crippen LogP contribution < -0.4 is 19.7 Å². The summed E-state index contributed by atoms with van der Waals surface area (Å²) in [6.45, 7) is 10.9. The van der Waals surface area contributed by atoms with E-state index >= 15 is 0 Å². The second kappa shape index (κ2) is 10.4. The lowest BCUT2D eigenvalue weighted by molar-refractivity contribution is -0.138. The predicted molar refractivity (Wildman–Crippen MR) is 151 cm³/mol. The molecule has 1 fully saturated rings. The van der Waals surface area contributed by atoms with Crippen molar-refractivity contribution in [3.63, 3.8) is 0 Å². The summed E-state index contributed by atoms with van der Waals surface area (Å²) in [6.07, 6.45) is 1.68. The number of hydrogen-bond acceptors (Lipinski definition) is 9. The van der Waals surface area contributed by atoms with E-state index in [-0.39, 0.29) is 34.8 Å². The first-order valence-corrected chi connectivity index (χ1v) is 13.6. The van der Waals surface area contributed by atoms with E-state index in [1.54, 1.807) is 17.0 Å². The first-order chi connectivity index (χ1) is 19.3. The minimum Gasteiger partial charge on any atom is -0.480 e. The van der Waals surface area contributed by atoms with Crippen LogP contribution in [0.15, 0.2) is 28.7 Å². The minimum absolute atomic E-state index is 0.0459. The van der Waals surface area contributed by atoms with E-state index in [0.29, 0.717) is 31.6 Å². The van der Waals surface area contributed by atoms with Gasteiger partial charge in [-0.15, -0.1) is 0 Å². The number of nitrogens with zero attached hydrogens (tertiary/aromatic N) is 3. The number of aliphatic carboxylic acids is 1. The first kappa shape index (κ1) is 28.4. The first-order valence-electron chi connectivity index (χ1n) is 13.6. The van der Waals surface area contributed by atoms with Crippen molar-refractivity contribution in [3.8, 4) is 11.8 Å². The monoisotopic (exact) mass is 564 g/mol. The average molecular weight is 565 g/mol. The largest absolute Gasteiger partial charge is 0.480 e. The molecule has 0 radical (unpaired) electrons. The minimum atomic E-state index is -0.953. The molecule has 1 aromatic carbocycles. The summed E-state index contributed by atoms with van der Waals surface area (Å²) < 4.78 is 23.1. The zero-order valence-electron chi connectivity index (χ0n) is 24.5. The van der Waals surface area contributed by atoms with E-state index in [0.717, 1.165) is 16.7 Å². The Hall–Kier alpha value is -4.12. The highest BCUT2D eigenvalue weighted by Crippen LogP contribution is 2.47. The number of aromatic nitrogens is 2. The maximum Gasteiger partial charge on any atom is 0.326 e. The highest BCUT2D eigenvalue weighted by molar-refractivity contribution is 6.03. The number of amides is 1. The van der Waals surface area contributed by atoms with Crippen molar-refractivity contribution in [1.82, 2.24) is 9.97 Å². The Bertz CT molecular complexity index is 1490. The Morgan fingerprint density at radius 3 is 2.32 bits per heavy atom. The number of anilines is 2. The van der Waals surface area contributed by atoms with Gasteiger partial charge in [0, 0.05) is 13.0 Å². The molecular weight excluding hydrogens is 528 g/mol. The highest BCUT2D eigenvalue weighted by atomic mass is 16.5. The number of nitrogens with one attached hydrogen (secondary N) is 1. The van der Waals surface area contributed by atoms with Crippen LogP contribution in [-0.4, -0.2) is 53.8 Å². The average Bonchev–Trinajstić information content (AvgIpc) is 3.62. The molecule has 5 rings (SSSR count). The molecule has 2 aliphatic rings. The molecule has 11 heteroatoms. The lowest BCUT2D eigenvalue weighted by Crippen LogP contribution is -2.37. The van der Waals surface area contributed by atoms with E-state index in [1.807, 2.05) is 0 Å². The van der Waals surface area contributed by atoms with Crippen LogP contribution in [0.2, 0.25) is 0 Å². The molecule has 3 aromatic rings. The van der Waals surface area contributed by atoms with Crippen molar-refractivity contribution in [2.24, 2.45) is 0 Å². The van der Waals surface area contributed by atoms with Crippen molar-refractivity contribution in [1.29, 1.82) is 0 Å². The maximum absolute atomic E-state index is 13.2. The molecule has 41 heavy (non-hydrogen) atoms. The number of carboxylic acid groups (broad SMARTS) is 1.